The number of rotatable bonds is 3. The maximum Gasteiger partial charge on any atom is 0.336 e. The summed E-state index contributed by atoms with van der Waals surface area (Å²) in [6, 6.07) is 9.15. The highest BCUT2D eigenvalue weighted by Gasteiger charge is 2.19. The highest BCUT2D eigenvalue weighted by Crippen LogP contribution is 2.31. The molecule has 9 nitrogen and oxygen atoms in total. The maximum absolute atomic E-state index is 12.3. The number of nitrogens with zero attached hydrogens (tertiary/aromatic N) is 6. The molecule has 0 aliphatic carbocycles. The first-order chi connectivity index (χ1) is 14.8. The monoisotopic (exact) mass is 416 g/mol. The van der Waals surface area contributed by atoms with Crippen LogP contribution >= 0.6 is 0 Å². The van der Waals surface area contributed by atoms with Crippen molar-refractivity contribution in [1.82, 2.24) is 28.5 Å². The molecule has 3 heterocycles. The fourth-order valence-corrected chi connectivity index (χ4v) is 4.18. The molecule has 1 N–H and O–H groups in total. The van der Waals surface area contributed by atoms with Gasteiger partial charge in [0.2, 0.25) is 0 Å². The number of aromatic carboxylic acids is 1. The molecular formula is C22H20N6O3. The van der Waals surface area contributed by atoms with Gasteiger partial charge in [0.15, 0.2) is 0 Å². The van der Waals surface area contributed by atoms with Gasteiger partial charge in [-0.25, -0.2) is 14.6 Å². The van der Waals surface area contributed by atoms with Crippen LogP contribution < -0.4 is 5.69 Å². The van der Waals surface area contributed by atoms with Crippen LogP contribution in [0.3, 0.4) is 0 Å². The average Bonchev–Trinajstić information content (AvgIpc) is 3.37. The molecule has 0 unspecified atom stereocenters. The molecule has 0 aliphatic heterocycles. The van der Waals surface area contributed by atoms with E-state index in [1.54, 1.807) is 59.5 Å². The molecule has 0 saturated carbocycles. The van der Waals surface area contributed by atoms with Gasteiger partial charge in [0, 0.05) is 44.2 Å². The number of imidazole rings is 2. The van der Waals surface area contributed by atoms with Crippen molar-refractivity contribution >= 4 is 28.0 Å². The number of carbonyl (C=O) groups is 1. The molecule has 5 rings (SSSR count). The van der Waals surface area contributed by atoms with E-state index < -0.39 is 5.97 Å². The highest BCUT2D eigenvalue weighted by molar-refractivity contribution is 6.01. The van der Waals surface area contributed by atoms with Gasteiger partial charge < -0.3 is 5.11 Å². The van der Waals surface area contributed by atoms with Gasteiger partial charge in [0.25, 0.3) is 0 Å². The van der Waals surface area contributed by atoms with E-state index >= 15 is 0 Å². The van der Waals surface area contributed by atoms with Crippen LogP contribution in [0, 0.1) is 6.92 Å². The minimum absolute atomic E-state index is 0.103. The summed E-state index contributed by atoms with van der Waals surface area (Å²) >= 11 is 0. The number of hydrogen-bond donors (Lipinski definition) is 1. The van der Waals surface area contributed by atoms with Crippen molar-refractivity contribution in [3.05, 3.63) is 64.6 Å². The first-order valence-corrected chi connectivity index (χ1v) is 9.67. The Labute approximate surface area is 176 Å². The number of hydrogen-bond acceptors (Lipinski definition) is 4. The van der Waals surface area contributed by atoms with E-state index in [4.69, 9.17) is 0 Å². The van der Waals surface area contributed by atoms with Crippen molar-refractivity contribution in [2.45, 2.75) is 6.92 Å². The van der Waals surface area contributed by atoms with E-state index in [9.17, 15) is 14.7 Å². The lowest BCUT2D eigenvalue weighted by Gasteiger charge is -2.10. The van der Waals surface area contributed by atoms with E-state index in [2.05, 4.69) is 10.1 Å². The average molecular weight is 416 g/mol. The third kappa shape index (κ3) is 2.70. The van der Waals surface area contributed by atoms with Crippen molar-refractivity contribution in [3.63, 3.8) is 0 Å². The Morgan fingerprint density at radius 3 is 2.42 bits per heavy atom. The molecule has 0 spiro atoms. The smallest absolute Gasteiger partial charge is 0.336 e. The third-order valence-electron chi connectivity index (χ3n) is 5.72. The fraction of sp³-hybridized carbons (Fsp3) is 0.182. The minimum atomic E-state index is -1.02. The molecule has 3 aromatic heterocycles. The Hall–Kier alpha value is -4.14. The van der Waals surface area contributed by atoms with Crippen LogP contribution in [0.1, 0.15) is 16.2 Å². The van der Waals surface area contributed by atoms with Gasteiger partial charge in [0.05, 0.1) is 33.8 Å². The topological polar surface area (TPSA) is 99.9 Å². The molecule has 5 aromatic rings. The number of aromatic nitrogens is 6. The summed E-state index contributed by atoms with van der Waals surface area (Å²) < 4.78 is 6.73. The Morgan fingerprint density at radius 2 is 1.74 bits per heavy atom. The largest absolute Gasteiger partial charge is 0.478 e. The van der Waals surface area contributed by atoms with E-state index in [1.807, 2.05) is 29.7 Å². The molecule has 0 fully saturated rings. The SMILES string of the molecule is Cc1nc2cc(-c3cnn(C)c3)c(C(=O)O)cc2n1-c1ccc2c(c1)n(C)c(=O)n2C. The van der Waals surface area contributed by atoms with Gasteiger partial charge >= 0.3 is 11.7 Å². The molecule has 0 atom stereocenters. The number of fused-ring (bicyclic) bond motifs is 2. The minimum Gasteiger partial charge on any atom is -0.478 e. The first kappa shape index (κ1) is 18.9. The number of aryl methyl sites for hydroxylation is 4. The summed E-state index contributed by atoms with van der Waals surface area (Å²) in [7, 11) is 5.26. The summed E-state index contributed by atoms with van der Waals surface area (Å²) in [6.45, 7) is 1.87. The van der Waals surface area contributed by atoms with E-state index in [1.165, 1.54) is 0 Å². The van der Waals surface area contributed by atoms with Gasteiger partial charge in [-0.2, -0.15) is 5.10 Å². The zero-order chi connectivity index (χ0) is 22.0. The summed E-state index contributed by atoms with van der Waals surface area (Å²) in [5.74, 6) is -0.304. The number of benzene rings is 2. The lowest BCUT2D eigenvalue weighted by Crippen LogP contribution is -2.19. The Balaban J connectivity index is 1.79. The van der Waals surface area contributed by atoms with E-state index in [0.29, 0.717) is 16.6 Å². The molecule has 9 heteroatoms. The summed E-state index contributed by atoms with van der Waals surface area (Å²) in [5.41, 5.74) is 5.14. The quantitative estimate of drug-likeness (QED) is 0.487. The van der Waals surface area contributed by atoms with Gasteiger partial charge in [-0.1, -0.05) is 0 Å². The van der Waals surface area contributed by atoms with Gasteiger partial charge in [-0.3, -0.25) is 18.4 Å². The number of carboxylic acid groups (broad SMARTS) is 1. The Kier molecular flexibility index (Phi) is 3.91. The molecule has 0 bridgehead atoms. The van der Waals surface area contributed by atoms with Crippen LogP contribution in [0.25, 0.3) is 38.9 Å². The van der Waals surface area contributed by atoms with E-state index in [0.717, 1.165) is 28.1 Å². The molecule has 156 valence electrons. The van der Waals surface area contributed by atoms with Crippen LogP contribution in [0.4, 0.5) is 0 Å². The van der Waals surface area contributed by atoms with Crippen LogP contribution in [0.5, 0.6) is 0 Å². The summed E-state index contributed by atoms with van der Waals surface area (Å²) in [5, 5.41) is 14.0. The predicted octanol–water partition coefficient (Wildman–Crippen LogP) is 2.62. The normalized spacial score (nSPS) is 11.6. The second kappa shape index (κ2) is 6.43. The molecule has 0 aliphatic rings. The lowest BCUT2D eigenvalue weighted by atomic mass is 10.0. The second-order valence-electron chi connectivity index (χ2n) is 7.66. The van der Waals surface area contributed by atoms with Crippen LogP contribution in [-0.4, -0.2) is 39.5 Å². The maximum atomic E-state index is 12.3. The summed E-state index contributed by atoms with van der Waals surface area (Å²) in [4.78, 5) is 29.0. The molecular weight excluding hydrogens is 396 g/mol. The molecule has 0 saturated heterocycles. The summed E-state index contributed by atoms with van der Waals surface area (Å²) in [6.07, 6.45) is 3.42. The predicted molar refractivity (Wildman–Crippen MR) is 117 cm³/mol. The van der Waals surface area contributed by atoms with E-state index in [-0.39, 0.29) is 11.3 Å². The van der Waals surface area contributed by atoms with Gasteiger partial charge in [-0.05, 0) is 37.3 Å². The van der Waals surface area contributed by atoms with Crippen LogP contribution in [-0.2, 0) is 21.1 Å². The van der Waals surface area contributed by atoms with Crippen LogP contribution in [0.2, 0.25) is 0 Å². The molecule has 2 aromatic carbocycles. The molecule has 31 heavy (non-hydrogen) atoms. The standard InChI is InChI=1S/C22H20N6O3/c1-12-24-17-8-15(13-10-23-25(2)11-13)16(21(29)30)9-19(17)28(12)14-5-6-18-20(7-14)27(4)22(31)26(18)3/h5-11H,1-4H3,(H,29,30). The fourth-order valence-electron chi connectivity index (χ4n) is 4.18. The first-order valence-electron chi connectivity index (χ1n) is 9.67. The van der Waals surface area contributed by atoms with Crippen molar-refractivity contribution in [2.75, 3.05) is 0 Å². The number of carboxylic acids is 1. The third-order valence-corrected chi connectivity index (χ3v) is 5.72. The zero-order valence-corrected chi connectivity index (χ0v) is 17.5. The van der Waals surface area contributed by atoms with Crippen molar-refractivity contribution in [3.8, 4) is 16.8 Å². The van der Waals surface area contributed by atoms with Gasteiger partial charge in [-0.15, -0.1) is 0 Å². The molecule has 0 radical (unpaired) electrons. The Morgan fingerprint density at radius 1 is 1.00 bits per heavy atom. The highest BCUT2D eigenvalue weighted by atomic mass is 16.4. The zero-order valence-electron chi connectivity index (χ0n) is 17.5. The van der Waals surface area contributed by atoms with Crippen molar-refractivity contribution in [2.24, 2.45) is 21.1 Å². The van der Waals surface area contributed by atoms with Crippen molar-refractivity contribution < 1.29 is 9.90 Å². The Bertz CT molecular complexity index is 1580. The van der Waals surface area contributed by atoms with Gasteiger partial charge in [0.1, 0.15) is 5.82 Å². The second-order valence-corrected chi connectivity index (χ2v) is 7.66. The molecule has 0 amide bonds. The van der Waals surface area contributed by atoms with Crippen LogP contribution in [0.15, 0.2) is 47.5 Å². The van der Waals surface area contributed by atoms with Crippen molar-refractivity contribution in [1.29, 1.82) is 0 Å². The lowest BCUT2D eigenvalue weighted by molar-refractivity contribution is 0.0698.